The van der Waals surface area contributed by atoms with Crippen molar-refractivity contribution in [2.24, 2.45) is 5.92 Å². The Balaban J connectivity index is 1.75. The van der Waals surface area contributed by atoms with Crippen molar-refractivity contribution in [2.45, 2.75) is 31.2 Å². The standard InChI is InChI=1S/C24H26N6O4S2/c1-16(2)14-20(22(31)26-13-12-25)28-24-29-21(15-35-24)18-10-6-7-11-19(18)27-23(32)30-36(33,34)17-8-4-3-5-9-17/h3-11,15-16,20H,13-14H2,1-2H3,(H,26,31)(H,28,29)(H2,27,30,32)/t20-/m0/s1. The number of hydrogen-bond donors (Lipinski definition) is 4. The Morgan fingerprint density at radius 3 is 2.47 bits per heavy atom. The molecular weight excluding hydrogens is 500 g/mol. The van der Waals surface area contributed by atoms with Gasteiger partial charge in [-0.25, -0.2) is 22.9 Å². The van der Waals surface area contributed by atoms with Crippen molar-refractivity contribution in [3.8, 4) is 17.3 Å². The lowest BCUT2D eigenvalue weighted by atomic mass is 10.0. The van der Waals surface area contributed by atoms with E-state index in [1.807, 2.05) is 24.6 Å². The fourth-order valence-corrected chi connectivity index (χ4v) is 5.00. The Morgan fingerprint density at radius 2 is 1.78 bits per heavy atom. The molecule has 0 saturated carbocycles. The quantitative estimate of drug-likeness (QED) is 0.293. The maximum absolute atomic E-state index is 12.5. The lowest BCUT2D eigenvalue weighted by molar-refractivity contribution is -0.121. The molecule has 0 saturated heterocycles. The highest BCUT2D eigenvalue weighted by Crippen LogP contribution is 2.31. The van der Waals surface area contributed by atoms with Crippen molar-refractivity contribution in [3.63, 3.8) is 0 Å². The van der Waals surface area contributed by atoms with Crippen LogP contribution in [0.1, 0.15) is 20.3 Å². The molecule has 3 amide bonds. The van der Waals surface area contributed by atoms with Gasteiger partial charge in [0, 0.05) is 10.9 Å². The number of thiazole rings is 1. The van der Waals surface area contributed by atoms with E-state index in [1.165, 1.54) is 23.5 Å². The summed E-state index contributed by atoms with van der Waals surface area (Å²) in [6.07, 6.45) is 0.542. The maximum atomic E-state index is 12.5. The van der Waals surface area contributed by atoms with E-state index in [4.69, 9.17) is 5.26 Å². The molecular formula is C24H26N6O4S2. The van der Waals surface area contributed by atoms with Gasteiger partial charge in [-0.15, -0.1) is 11.3 Å². The van der Waals surface area contributed by atoms with Gasteiger partial charge in [0.15, 0.2) is 5.13 Å². The Labute approximate surface area is 213 Å². The molecule has 0 aliphatic heterocycles. The minimum atomic E-state index is -4.04. The van der Waals surface area contributed by atoms with Crippen LogP contribution in [0.4, 0.5) is 15.6 Å². The van der Waals surface area contributed by atoms with E-state index >= 15 is 0 Å². The number of benzene rings is 2. The van der Waals surface area contributed by atoms with E-state index in [-0.39, 0.29) is 23.3 Å². The first-order chi connectivity index (χ1) is 17.2. The molecule has 0 spiro atoms. The average Bonchev–Trinajstić information content (AvgIpc) is 3.30. The van der Waals surface area contributed by atoms with Crippen LogP contribution in [-0.2, 0) is 14.8 Å². The van der Waals surface area contributed by atoms with Crippen molar-refractivity contribution in [2.75, 3.05) is 17.2 Å². The number of amides is 3. The van der Waals surface area contributed by atoms with Crippen molar-refractivity contribution in [3.05, 3.63) is 60.0 Å². The van der Waals surface area contributed by atoms with Gasteiger partial charge < -0.3 is 16.0 Å². The Bertz CT molecular complexity index is 1350. The molecule has 0 unspecified atom stereocenters. The van der Waals surface area contributed by atoms with Gasteiger partial charge in [-0.05, 0) is 30.5 Å². The van der Waals surface area contributed by atoms with Crippen LogP contribution in [0.15, 0.2) is 64.9 Å². The molecule has 1 atom stereocenters. The molecule has 0 radical (unpaired) electrons. The second-order valence-corrected chi connectivity index (χ2v) is 10.7. The van der Waals surface area contributed by atoms with Crippen molar-refractivity contribution >= 4 is 44.1 Å². The van der Waals surface area contributed by atoms with Crippen LogP contribution in [0.2, 0.25) is 0 Å². The minimum absolute atomic E-state index is 0.0292. The molecule has 0 fully saturated rings. The van der Waals surface area contributed by atoms with Gasteiger partial charge in [0.05, 0.1) is 22.3 Å². The molecule has 4 N–H and O–H groups in total. The van der Waals surface area contributed by atoms with Gasteiger partial charge in [0.25, 0.3) is 10.0 Å². The Morgan fingerprint density at radius 1 is 1.08 bits per heavy atom. The van der Waals surface area contributed by atoms with Crippen LogP contribution in [0.3, 0.4) is 0 Å². The summed E-state index contributed by atoms with van der Waals surface area (Å²) in [6.45, 7) is 3.90. The van der Waals surface area contributed by atoms with Crippen LogP contribution in [0, 0.1) is 17.2 Å². The molecule has 0 aliphatic rings. The topological polar surface area (TPSA) is 153 Å². The summed E-state index contributed by atoms with van der Waals surface area (Å²) in [6, 6.07) is 14.8. The highest BCUT2D eigenvalue weighted by Gasteiger charge is 2.22. The first kappa shape index (κ1) is 26.7. The lowest BCUT2D eigenvalue weighted by Crippen LogP contribution is -2.40. The number of nitrogens with one attached hydrogen (secondary N) is 4. The SMILES string of the molecule is CC(C)C[C@H](Nc1nc(-c2ccccc2NC(=O)NS(=O)(=O)c2ccccc2)cs1)C(=O)NCC#N. The van der Waals surface area contributed by atoms with Gasteiger partial charge in [-0.2, -0.15) is 5.26 Å². The maximum Gasteiger partial charge on any atom is 0.333 e. The molecule has 36 heavy (non-hydrogen) atoms. The number of carbonyl (C=O) groups is 2. The number of para-hydroxylation sites is 1. The zero-order valence-electron chi connectivity index (χ0n) is 19.7. The number of carbonyl (C=O) groups excluding carboxylic acids is 2. The molecule has 188 valence electrons. The number of urea groups is 1. The molecule has 2 aromatic carbocycles. The number of nitriles is 1. The first-order valence-electron chi connectivity index (χ1n) is 11.0. The van der Waals surface area contributed by atoms with E-state index in [0.717, 1.165) is 0 Å². The summed E-state index contributed by atoms with van der Waals surface area (Å²) in [5.41, 5.74) is 1.47. The number of aromatic nitrogens is 1. The molecule has 0 bridgehead atoms. The van der Waals surface area contributed by atoms with Crippen molar-refractivity contribution in [1.29, 1.82) is 5.26 Å². The van der Waals surface area contributed by atoms with Crippen molar-refractivity contribution < 1.29 is 18.0 Å². The number of nitrogens with zero attached hydrogens (tertiary/aromatic N) is 2. The van der Waals surface area contributed by atoms with Crippen LogP contribution < -0.4 is 20.7 Å². The van der Waals surface area contributed by atoms with E-state index in [9.17, 15) is 18.0 Å². The zero-order chi connectivity index (χ0) is 26.1. The van der Waals surface area contributed by atoms with Gasteiger partial charge in [-0.1, -0.05) is 50.2 Å². The van der Waals surface area contributed by atoms with E-state index in [0.29, 0.717) is 28.5 Å². The molecule has 3 rings (SSSR count). The molecule has 12 heteroatoms. The Hall–Kier alpha value is -3.95. The summed E-state index contributed by atoms with van der Waals surface area (Å²) < 4.78 is 26.9. The van der Waals surface area contributed by atoms with Crippen molar-refractivity contribution in [1.82, 2.24) is 15.0 Å². The van der Waals surface area contributed by atoms with Gasteiger partial charge >= 0.3 is 6.03 Å². The van der Waals surface area contributed by atoms with Crippen LogP contribution in [0.5, 0.6) is 0 Å². The number of anilines is 2. The number of sulfonamides is 1. The van der Waals surface area contributed by atoms with Gasteiger partial charge in [0.1, 0.15) is 12.6 Å². The summed E-state index contributed by atoms with van der Waals surface area (Å²) in [4.78, 5) is 29.5. The van der Waals surface area contributed by atoms with Gasteiger partial charge in [-0.3, -0.25) is 4.79 Å². The predicted octanol–water partition coefficient (Wildman–Crippen LogP) is 3.79. The zero-order valence-corrected chi connectivity index (χ0v) is 21.3. The molecule has 3 aromatic rings. The average molecular weight is 527 g/mol. The van der Waals surface area contributed by atoms with Crippen LogP contribution >= 0.6 is 11.3 Å². The van der Waals surface area contributed by atoms with Gasteiger partial charge in [0.2, 0.25) is 5.91 Å². The van der Waals surface area contributed by atoms with E-state index < -0.39 is 22.1 Å². The third kappa shape index (κ3) is 7.27. The summed E-state index contributed by atoms with van der Waals surface area (Å²) in [5.74, 6) is -0.0641. The third-order valence-corrected chi connectivity index (χ3v) is 7.02. The first-order valence-corrected chi connectivity index (χ1v) is 13.4. The second kappa shape index (κ2) is 12.1. The Kier molecular flexibility index (Phi) is 8.99. The minimum Gasteiger partial charge on any atom is -0.350 e. The summed E-state index contributed by atoms with van der Waals surface area (Å²) >= 11 is 1.28. The lowest BCUT2D eigenvalue weighted by Gasteiger charge is -2.19. The summed E-state index contributed by atoms with van der Waals surface area (Å²) in [7, 11) is -4.04. The highest BCUT2D eigenvalue weighted by atomic mass is 32.2. The molecule has 1 heterocycles. The molecule has 1 aromatic heterocycles. The van der Waals surface area contributed by atoms with E-state index in [2.05, 4.69) is 20.9 Å². The van der Waals surface area contributed by atoms with E-state index in [1.54, 1.807) is 47.8 Å². The smallest absolute Gasteiger partial charge is 0.333 e. The fourth-order valence-electron chi connectivity index (χ4n) is 3.31. The highest BCUT2D eigenvalue weighted by molar-refractivity contribution is 7.90. The normalized spacial score (nSPS) is 11.8. The second-order valence-electron chi connectivity index (χ2n) is 8.16. The monoisotopic (exact) mass is 526 g/mol. The van der Waals surface area contributed by atoms with Crippen LogP contribution in [-0.4, -0.2) is 37.9 Å². The number of hydrogen-bond acceptors (Lipinski definition) is 8. The number of rotatable bonds is 10. The van der Waals surface area contributed by atoms with Crippen LogP contribution in [0.25, 0.3) is 11.3 Å². The summed E-state index contributed by atoms with van der Waals surface area (Å²) in [5, 5.41) is 19.3. The third-order valence-electron chi connectivity index (χ3n) is 4.90. The fraction of sp³-hybridized carbons (Fsp3) is 0.250. The largest absolute Gasteiger partial charge is 0.350 e. The molecule has 0 aliphatic carbocycles. The molecule has 10 nitrogen and oxygen atoms in total. The predicted molar refractivity (Wildman–Crippen MR) is 139 cm³/mol.